The van der Waals surface area contributed by atoms with Crippen molar-refractivity contribution in [2.75, 3.05) is 12.3 Å². The first-order valence-corrected chi connectivity index (χ1v) is 6.40. The molecule has 1 heterocycles. The molecule has 0 aliphatic rings. The van der Waals surface area contributed by atoms with Gasteiger partial charge in [0.2, 0.25) is 5.91 Å². The number of nitrogens with two attached hydrogens (primary N) is 2. The van der Waals surface area contributed by atoms with Crippen LogP contribution in [0.3, 0.4) is 0 Å². The van der Waals surface area contributed by atoms with Gasteiger partial charge in [0.15, 0.2) is 6.29 Å². The van der Waals surface area contributed by atoms with E-state index in [9.17, 15) is 9.59 Å². The average molecular weight is 288 g/mol. The molecular formula is C14H16N4O3. The fourth-order valence-electron chi connectivity index (χ4n) is 2.02. The van der Waals surface area contributed by atoms with Gasteiger partial charge in [-0.15, -0.1) is 0 Å². The lowest BCUT2D eigenvalue weighted by Crippen LogP contribution is -2.20. The predicted octanol–water partition coefficient (Wildman–Crippen LogP) is 0.829. The lowest BCUT2D eigenvalue weighted by atomic mass is 10.1. The van der Waals surface area contributed by atoms with Crippen molar-refractivity contribution in [3.63, 3.8) is 0 Å². The maximum absolute atomic E-state index is 11.3. The molecule has 1 amide bonds. The van der Waals surface area contributed by atoms with Gasteiger partial charge < -0.3 is 16.2 Å². The van der Waals surface area contributed by atoms with Crippen molar-refractivity contribution in [1.29, 1.82) is 0 Å². The Morgan fingerprint density at radius 3 is 2.76 bits per heavy atom. The number of carbonyl (C=O) groups is 2. The fourth-order valence-corrected chi connectivity index (χ4v) is 2.02. The van der Waals surface area contributed by atoms with E-state index in [0.717, 1.165) is 0 Å². The quantitative estimate of drug-likeness (QED) is 0.764. The first-order chi connectivity index (χ1) is 10.1. The minimum Gasteiger partial charge on any atom is -0.493 e. The Balaban J connectivity index is 2.58. The normalized spacial score (nSPS) is 10.3. The van der Waals surface area contributed by atoms with E-state index in [2.05, 4.69) is 5.10 Å². The molecule has 0 unspecified atom stereocenters. The molecule has 0 radical (unpaired) electrons. The average Bonchev–Trinajstić information content (AvgIpc) is 2.75. The largest absolute Gasteiger partial charge is 0.493 e. The second kappa shape index (κ2) is 6.08. The van der Waals surface area contributed by atoms with Gasteiger partial charge >= 0.3 is 0 Å². The first-order valence-electron chi connectivity index (χ1n) is 6.40. The smallest absolute Gasteiger partial charge is 0.239 e. The summed E-state index contributed by atoms with van der Waals surface area (Å²) in [5.74, 6) is 0.100. The number of nitrogens with zero attached hydrogens (tertiary/aromatic N) is 2. The summed E-state index contributed by atoms with van der Waals surface area (Å²) < 4.78 is 6.74. The van der Waals surface area contributed by atoms with E-state index in [1.165, 1.54) is 4.68 Å². The number of aldehydes is 1. The summed E-state index contributed by atoms with van der Waals surface area (Å²) in [6.45, 7) is 2.14. The van der Waals surface area contributed by atoms with Gasteiger partial charge in [-0.25, -0.2) is 4.68 Å². The number of ether oxygens (including phenoxy) is 1. The van der Waals surface area contributed by atoms with Crippen LogP contribution in [0.15, 0.2) is 24.3 Å². The number of anilines is 1. The van der Waals surface area contributed by atoms with Gasteiger partial charge in [0.25, 0.3) is 0 Å². The molecule has 0 aliphatic heterocycles. The number of amides is 1. The number of hydrogen-bond donors (Lipinski definition) is 2. The molecule has 0 fully saturated rings. The lowest BCUT2D eigenvalue weighted by molar-refractivity contribution is -0.118. The summed E-state index contributed by atoms with van der Waals surface area (Å²) in [6, 6.07) is 7.17. The van der Waals surface area contributed by atoms with Gasteiger partial charge in [0.1, 0.15) is 23.8 Å². The standard InChI is InChI=1S/C14H16N4O3/c1-2-21-11-6-4-3-5-9(11)13-10(8-19)14(16)18(17-13)7-12(15)20/h3-6,8H,2,7,16H2,1H3,(H2,15,20). The van der Waals surface area contributed by atoms with E-state index in [1.54, 1.807) is 18.2 Å². The molecule has 7 heteroatoms. The predicted molar refractivity (Wildman–Crippen MR) is 77.8 cm³/mol. The highest BCUT2D eigenvalue weighted by atomic mass is 16.5. The molecule has 0 atom stereocenters. The maximum Gasteiger partial charge on any atom is 0.239 e. The molecule has 1 aromatic carbocycles. The Hall–Kier alpha value is -2.83. The van der Waals surface area contributed by atoms with Crippen molar-refractivity contribution in [2.45, 2.75) is 13.5 Å². The van der Waals surface area contributed by atoms with Gasteiger partial charge in [-0.3, -0.25) is 9.59 Å². The highest BCUT2D eigenvalue weighted by Crippen LogP contribution is 2.33. The van der Waals surface area contributed by atoms with Crippen molar-refractivity contribution in [2.24, 2.45) is 5.73 Å². The SMILES string of the molecule is CCOc1ccccc1-c1nn(CC(N)=O)c(N)c1C=O. The zero-order valence-corrected chi connectivity index (χ0v) is 11.6. The van der Waals surface area contributed by atoms with Crippen LogP contribution >= 0.6 is 0 Å². The third-order valence-corrected chi connectivity index (χ3v) is 2.90. The monoisotopic (exact) mass is 288 g/mol. The summed E-state index contributed by atoms with van der Waals surface area (Å²) in [5, 5.41) is 4.21. The Labute approximate surface area is 121 Å². The molecule has 0 saturated carbocycles. The molecule has 1 aromatic heterocycles. The number of primary amides is 1. The van der Waals surface area contributed by atoms with Gasteiger partial charge in [-0.2, -0.15) is 5.10 Å². The number of carbonyl (C=O) groups excluding carboxylic acids is 2. The Bertz CT molecular complexity index is 679. The second-order valence-electron chi connectivity index (χ2n) is 4.32. The molecule has 0 spiro atoms. The summed E-state index contributed by atoms with van der Waals surface area (Å²) >= 11 is 0. The van der Waals surface area contributed by atoms with Crippen molar-refractivity contribution in [3.8, 4) is 17.0 Å². The molecule has 0 aliphatic carbocycles. The van der Waals surface area contributed by atoms with Crippen LogP contribution in [0.1, 0.15) is 17.3 Å². The van der Waals surface area contributed by atoms with Gasteiger partial charge in [-0.1, -0.05) is 12.1 Å². The van der Waals surface area contributed by atoms with Gasteiger partial charge in [-0.05, 0) is 19.1 Å². The van der Waals surface area contributed by atoms with E-state index >= 15 is 0 Å². The molecule has 0 bridgehead atoms. The molecular weight excluding hydrogens is 272 g/mol. The zero-order chi connectivity index (χ0) is 15.4. The van der Waals surface area contributed by atoms with Crippen LogP contribution in [-0.4, -0.2) is 28.6 Å². The first kappa shape index (κ1) is 14.6. The van der Waals surface area contributed by atoms with Crippen LogP contribution in [0.25, 0.3) is 11.3 Å². The number of para-hydroxylation sites is 1. The fraction of sp³-hybridized carbons (Fsp3) is 0.214. The third kappa shape index (κ3) is 2.86. The summed E-state index contributed by atoms with van der Waals surface area (Å²) in [6.07, 6.45) is 0.609. The van der Waals surface area contributed by atoms with E-state index in [0.29, 0.717) is 29.9 Å². The number of benzene rings is 1. The van der Waals surface area contributed by atoms with Crippen molar-refractivity contribution < 1.29 is 14.3 Å². The number of nitrogen functional groups attached to an aromatic ring is 1. The highest BCUT2D eigenvalue weighted by Gasteiger charge is 2.20. The Kier molecular flexibility index (Phi) is 4.22. The second-order valence-corrected chi connectivity index (χ2v) is 4.32. The zero-order valence-electron chi connectivity index (χ0n) is 11.6. The van der Waals surface area contributed by atoms with Gasteiger partial charge in [0, 0.05) is 5.56 Å². The Morgan fingerprint density at radius 2 is 2.14 bits per heavy atom. The van der Waals surface area contributed by atoms with Crippen LogP contribution in [0, 0.1) is 0 Å². The van der Waals surface area contributed by atoms with Crippen molar-refractivity contribution in [1.82, 2.24) is 9.78 Å². The third-order valence-electron chi connectivity index (χ3n) is 2.90. The summed E-state index contributed by atoms with van der Waals surface area (Å²) in [5.41, 5.74) is 12.2. The molecule has 21 heavy (non-hydrogen) atoms. The van der Waals surface area contributed by atoms with Crippen molar-refractivity contribution in [3.05, 3.63) is 29.8 Å². The van der Waals surface area contributed by atoms with E-state index in [4.69, 9.17) is 16.2 Å². The minimum absolute atomic E-state index is 0.102. The highest BCUT2D eigenvalue weighted by molar-refractivity contribution is 5.93. The number of hydrogen-bond acceptors (Lipinski definition) is 5. The van der Waals surface area contributed by atoms with Crippen LogP contribution < -0.4 is 16.2 Å². The van der Waals surface area contributed by atoms with Crippen LogP contribution in [0.5, 0.6) is 5.75 Å². The summed E-state index contributed by atoms with van der Waals surface area (Å²) in [7, 11) is 0. The van der Waals surface area contributed by atoms with Crippen LogP contribution in [-0.2, 0) is 11.3 Å². The Morgan fingerprint density at radius 1 is 1.43 bits per heavy atom. The van der Waals surface area contributed by atoms with E-state index < -0.39 is 5.91 Å². The minimum atomic E-state index is -0.591. The van der Waals surface area contributed by atoms with Gasteiger partial charge in [0.05, 0.1) is 12.2 Å². The van der Waals surface area contributed by atoms with E-state index in [1.807, 2.05) is 13.0 Å². The topological polar surface area (TPSA) is 113 Å². The number of rotatable bonds is 6. The summed E-state index contributed by atoms with van der Waals surface area (Å²) in [4.78, 5) is 22.3. The van der Waals surface area contributed by atoms with E-state index in [-0.39, 0.29) is 17.9 Å². The molecule has 4 N–H and O–H groups in total. The molecule has 110 valence electrons. The lowest BCUT2D eigenvalue weighted by Gasteiger charge is -2.08. The molecule has 2 aromatic rings. The molecule has 2 rings (SSSR count). The molecule has 7 nitrogen and oxygen atoms in total. The van der Waals surface area contributed by atoms with Crippen molar-refractivity contribution >= 4 is 18.0 Å². The number of aromatic nitrogens is 2. The van der Waals surface area contributed by atoms with Crippen LogP contribution in [0.4, 0.5) is 5.82 Å². The van der Waals surface area contributed by atoms with Crippen LogP contribution in [0.2, 0.25) is 0 Å². The molecule has 0 saturated heterocycles. The maximum atomic E-state index is 11.3.